The lowest BCUT2D eigenvalue weighted by Crippen LogP contribution is -2.33. The Hall–Kier alpha value is -1.03. The maximum absolute atomic E-state index is 5.65. The van der Waals surface area contributed by atoms with Crippen molar-refractivity contribution in [2.75, 3.05) is 26.2 Å². The van der Waals surface area contributed by atoms with Crippen molar-refractivity contribution in [3.05, 3.63) is 12.7 Å². The Kier molecular flexibility index (Phi) is 5.18. The predicted molar refractivity (Wildman–Crippen MR) is 65.0 cm³/mol. The fraction of sp³-hybridized carbons (Fsp3) is 0.727. The lowest BCUT2D eigenvalue weighted by atomic mass is 10.4. The maximum atomic E-state index is 5.65. The number of guanidine groups is 1. The Morgan fingerprint density at radius 1 is 1.67 bits per heavy atom. The van der Waals surface area contributed by atoms with E-state index < -0.39 is 0 Å². The van der Waals surface area contributed by atoms with Crippen LogP contribution in [0.15, 0.2) is 17.6 Å². The van der Waals surface area contributed by atoms with Gasteiger partial charge in [0.15, 0.2) is 5.96 Å². The summed E-state index contributed by atoms with van der Waals surface area (Å²) in [5.41, 5.74) is 5.65. The first-order chi connectivity index (χ1) is 7.27. The molecule has 0 bridgehead atoms. The summed E-state index contributed by atoms with van der Waals surface area (Å²) >= 11 is 0. The second-order valence-corrected chi connectivity index (χ2v) is 3.80. The van der Waals surface area contributed by atoms with Gasteiger partial charge in [0.1, 0.15) is 0 Å². The van der Waals surface area contributed by atoms with Gasteiger partial charge < -0.3 is 11.1 Å². The molecule has 1 aliphatic carbocycles. The molecule has 1 fully saturated rings. The summed E-state index contributed by atoms with van der Waals surface area (Å²) in [4.78, 5) is 6.72. The third-order valence-electron chi connectivity index (χ3n) is 2.57. The molecule has 1 aliphatic rings. The van der Waals surface area contributed by atoms with Gasteiger partial charge in [-0.15, -0.1) is 6.58 Å². The summed E-state index contributed by atoms with van der Waals surface area (Å²) in [5, 5.41) is 2.96. The Morgan fingerprint density at radius 2 is 2.40 bits per heavy atom. The summed E-state index contributed by atoms with van der Waals surface area (Å²) in [6.45, 7) is 9.38. The van der Waals surface area contributed by atoms with Crippen LogP contribution in [0, 0.1) is 0 Å². The topological polar surface area (TPSA) is 53.6 Å². The molecule has 1 rings (SSSR count). The maximum Gasteiger partial charge on any atom is 0.188 e. The van der Waals surface area contributed by atoms with Crippen molar-refractivity contribution in [2.24, 2.45) is 10.7 Å². The zero-order valence-electron chi connectivity index (χ0n) is 9.58. The molecule has 0 aliphatic heterocycles. The Labute approximate surface area is 92.2 Å². The van der Waals surface area contributed by atoms with Crippen molar-refractivity contribution in [2.45, 2.75) is 25.8 Å². The molecule has 0 unspecified atom stereocenters. The number of hydrogen-bond acceptors (Lipinski definition) is 2. The number of rotatable bonds is 7. The van der Waals surface area contributed by atoms with Gasteiger partial charge in [0.05, 0.1) is 6.54 Å². The molecule has 0 atom stereocenters. The molecule has 3 N–H and O–H groups in total. The minimum absolute atomic E-state index is 0.516. The Morgan fingerprint density at radius 3 is 2.93 bits per heavy atom. The van der Waals surface area contributed by atoms with E-state index >= 15 is 0 Å². The highest BCUT2D eigenvalue weighted by Gasteiger charge is 2.26. The van der Waals surface area contributed by atoms with Crippen molar-refractivity contribution < 1.29 is 0 Å². The van der Waals surface area contributed by atoms with Crippen molar-refractivity contribution in [1.29, 1.82) is 0 Å². The molecule has 0 heterocycles. The second-order valence-electron chi connectivity index (χ2n) is 3.80. The van der Waals surface area contributed by atoms with Crippen LogP contribution in [0.3, 0.4) is 0 Å². The summed E-state index contributed by atoms with van der Waals surface area (Å²) < 4.78 is 0. The van der Waals surface area contributed by atoms with E-state index in [0.29, 0.717) is 12.5 Å². The van der Waals surface area contributed by atoms with E-state index in [-0.39, 0.29) is 0 Å². The first-order valence-electron chi connectivity index (χ1n) is 5.66. The number of nitrogens with two attached hydrogens (primary N) is 1. The summed E-state index contributed by atoms with van der Waals surface area (Å²) in [6.07, 6.45) is 4.47. The van der Waals surface area contributed by atoms with E-state index in [0.717, 1.165) is 25.7 Å². The zero-order chi connectivity index (χ0) is 11.1. The fourth-order valence-corrected chi connectivity index (χ4v) is 1.57. The van der Waals surface area contributed by atoms with Gasteiger partial charge in [-0.25, -0.2) is 0 Å². The van der Waals surface area contributed by atoms with Gasteiger partial charge in [0, 0.05) is 19.1 Å². The van der Waals surface area contributed by atoms with Gasteiger partial charge in [0.25, 0.3) is 0 Å². The molecular weight excluding hydrogens is 188 g/mol. The number of likely N-dealkylation sites (N-methyl/N-ethyl adjacent to an activating group) is 1. The number of nitrogens with one attached hydrogen (secondary N) is 1. The molecule has 15 heavy (non-hydrogen) atoms. The van der Waals surface area contributed by atoms with Gasteiger partial charge in [-0.1, -0.05) is 13.0 Å². The molecule has 0 amide bonds. The first kappa shape index (κ1) is 12.0. The molecule has 4 nitrogen and oxygen atoms in total. The molecule has 0 spiro atoms. The second kappa shape index (κ2) is 6.45. The minimum atomic E-state index is 0.516. The third-order valence-corrected chi connectivity index (χ3v) is 2.57. The standard InChI is InChI=1S/C11H22N4/c1-3-7-13-11(12)14-8-9-15(4-2)10-5-6-10/h3,10H,1,4-9H2,2H3,(H3,12,13,14). The van der Waals surface area contributed by atoms with Crippen molar-refractivity contribution in [3.63, 3.8) is 0 Å². The van der Waals surface area contributed by atoms with Crippen LogP contribution in [0.1, 0.15) is 19.8 Å². The van der Waals surface area contributed by atoms with Gasteiger partial charge in [-0.3, -0.25) is 9.89 Å². The highest BCUT2D eigenvalue weighted by Crippen LogP contribution is 2.25. The first-order valence-corrected chi connectivity index (χ1v) is 5.66. The molecule has 0 aromatic heterocycles. The van der Waals surface area contributed by atoms with Crippen LogP contribution in [0.2, 0.25) is 0 Å². The van der Waals surface area contributed by atoms with Crippen LogP contribution in [-0.2, 0) is 0 Å². The molecule has 0 saturated heterocycles. The van der Waals surface area contributed by atoms with Crippen molar-refractivity contribution in [1.82, 2.24) is 10.2 Å². The molecule has 86 valence electrons. The van der Waals surface area contributed by atoms with Gasteiger partial charge >= 0.3 is 0 Å². The number of aliphatic imine (C=N–C) groups is 1. The lowest BCUT2D eigenvalue weighted by Gasteiger charge is -2.18. The van der Waals surface area contributed by atoms with Crippen LogP contribution in [0.25, 0.3) is 0 Å². The normalized spacial score (nSPS) is 16.8. The molecule has 0 radical (unpaired) electrons. The van der Waals surface area contributed by atoms with Crippen molar-refractivity contribution >= 4 is 5.96 Å². The van der Waals surface area contributed by atoms with E-state index in [9.17, 15) is 0 Å². The quantitative estimate of drug-likeness (QED) is 0.367. The van der Waals surface area contributed by atoms with Crippen LogP contribution in [0.4, 0.5) is 0 Å². The molecule has 0 aromatic rings. The molecule has 4 heteroatoms. The van der Waals surface area contributed by atoms with Crippen LogP contribution < -0.4 is 11.1 Å². The summed E-state index contributed by atoms with van der Waals surface area (Å²) in [5.74, 6) is 0.516. The number of hydrogen-bond donors (Lipinski definition) is 2. The van der Waals surface area contributed by atoms with E-state index in [1.807, 2.05) is 0 Å². The summed E-state index contributed by atoms with van der Waals surface area (Å²) in [7, 11) is 0. The smallest absolute Gasteiger partial charge is 0.188 e. The molecule has 1 saturated carbocycles. The largest absolute Gasteiger partial charge is 0.370 e. The fourth-order valence-electron chi connectivity index (χ4n) is 1.57. The Bertz CT molecular complexity index is 221. The van der Waals surface area contributed by atoms with Gasteiger partial charge in [-0.05, 0) is 19.4 Å². The Balaban J connectivity index is 2.14. The van der Waals surface area contributed by atoms with Crippen LogP contribution in [-0.4, -0.2) is 43.1 Å². The molecular formula is C11H22N4. The monoisotopic (exact) mass is 210 g/mol. The average Bonchev–Trinajstić information content (AvgIpc) is 3.05. The third kappa shape index (κ3) is 4.83. The minimum Gasteiger partial charge on any atom is -0.370 e. The van der Waals surface area contributed by atoms with E-state index in [2.05, 4.69) is 28.7 Å². The van der Waals surface area contributed by atoms with Crippen LogP contribution >= 0.6 is 0 Å². The van der Waals surface area contributed by atoms with E-state index in [1.54, 1.807) is 6.08 Å². The summed E-state index contributed by atoms with van der Waals surface area (Å²) in [6, 6.07) is 0.813. The molecule has 0 aromatic carbocycles. The van der Waals surface area contributed by atoms with Crippen LogP contribution in [0.5, 0.6) is 0 Å². The van der Waals surface area contributed by atoms with Crippen molar-refractivity contribution in [3.8, 4) is 0 Å². The average molecular weight is 210 g/mol. The zero-order valence-corrected chi connectivity index (χ0v) is 9.58. The highest BCUT2D eigenvalue weighted by molar-refractivity contribution is 5.77. The van der Waals surface area contributed by atoms with E-state index in [1.165, 1.54) is 12.8 Å². The lowest BCUT2D eigenvalue weighted by molar-refractivity contribution is 0.286. The highest BCUT2D eigenvalue weighted by atomic mass is 15.2. The van der Waals surface area contributed by atoms with E-state index in [4.69, 9.17) is 5.73 Å². The van der Waals surface area contributed by atoms with Gasteiger partial charge in [0.2, 0.25) is 0 Å². The predicted octanol–water partition coefficient (Wildman–Crippen LogP) is 0.561. The SMILES string of the molecule is C=CCNC(N)=NCCN(CC)C1CC1. The van der Waals surface area contributed by atoms with Gasteiger partial charge in [-0.2, -0.15) is 0 Å². The number of nitrogens with zero attached hydrogens (tertiary/aromatic N) is 2.